The highest BCUT2D eigenvalue weighted by Gasteiger charge is 2.20. The van der Waals surface area contributed by atoms with E-state index in [0.29, 0.717) is 6.54 Å². The van der Waals surface area contributed by atoms with Crippen molar-refractivity contribution in [2.45, 2.75) is 19.9 Å². The van der Waals surface area contributed by atoms with Crippen LogP contribution in [0, 0.1) is 0 Å². The number of aromatic nitrogens is 2. The van der Waals surface area contributed by atoms with Gasteiger partial charge in [0.25, 0.3) is 0 Å². The average molecular weight is 272 g/mol. The molecule has 2 rings (SSSR count). The van der Waals surface area contributed by atoms with E-state index in [4.69, 9.17) is 10.7 Å². The van der Waals surface area contributed by atoms with Crippen LogP contribution in [0.5, 0.6) is 0 Å². The molecule has 0 amide bonds. The van der Waals surface area contributed by atoms with E-state index in [-0.39, 0.29) is 6.04 Å². The van der Waals surface area contributed by atoms with Crippen LogP contribution in [0.3, 0.4) is 0 Å². The third kappa shape index (κ3) is 2.92. The lowest BCUT2D eigenvalue weighted by atomic mass is 10.2. The number of benzene rings is 1. The van der Waals surface area contributed by atoms with E-state index in [0.717, 1.165) is 30.2 Å². The number of aryl methyl sites for hydroxylation is 1. The van der Waals surface area contributed by atoms with E-state index >= 15 is 0 Å². The van der Waals surface area contributed by atoms with E-state index < -0.39 is 0 Å². The standard InChI is InChI=1S/C16H24N4/c1-4-20(5-2)15(11-17)14-12-19(3)16(18-14)13-9-7-6-8-10-13/h6-10,12,15H,4-5,11,17H2,1-3H3. The van der Waals surface area contributed by atoms with Crippen LogP contribution in [0.15, 0.2) is 36.5 Å². The first kappa shape index (κ1) is 14.8. The Labute approximate surface area is 121 Å². The normalized spacial score (nSPS) is 12.8. The summed E-state index contributed by atoms with van der Waals surface area (Å²) in [5.41, 5.74) is 8.15. The number of likely N-dealkylation sites (N-methyl/N-ethyl adjacent to an activating group) is 1. The minimum Gasteiger partial charge on any atom is -0.334 e. The zero-order valence-corrected chi connectivity index (χ0v) is 12.6. The van der Waals surface area contributed by atoms with E-state index in [1.807, 2.05) is 25.2 Å². The van der Waals surface area contributed by atoms with Gasteiger partial charge in [-0.25, -0.2) is 4.98 Å². The number of hydrogen-bond donors (Lipinski definition) is 1. The van der Waals surface area contributed by atoms with E-state index in [9.17, 15) is 0 Å². The zero-order chi connectivity index (χ0) is 14.5. The van der Waals surface area contributed by atoms with Crippen LogP contribution in [0.1, 0.15) is 25.6 Å². The van der Waals surface area contributed by atoms with Crippen molar-refractivity contribution in [2.75, 3.05) is 19.6 Å². The van der Waals surface area contributed by atoms with Gasteiger partial charge in [-0.1, -0.05) is 44.2 Å². The number of rotatable bonds is 6. The molecule has 4 heteroatoms. The molecule has 0 fully saturated rings. The molecule has 1 atom stereocenters. The molecule has 108 valence electrons. The Bertz CT molecular complexity index is 529. The molecule has 0 saturated heterocycles. The lowest BCUT2D eigenvalue weighted by Crippen LogP contribution is -2.33. The molecule has 0 bridgehead atoms. The second-order valence-electron chi connectivity index (χ2n) is 4.94. The summed E-state index contributed by atoms with van der Waals surface area (Å²) >= 11 is 0. The second kappa shape index (κ2) is 6.68. The van der Waals surface area contributed by atoms with Crippen molar-refractivity contribution >= 4 is 0 Å². The van der Waals surface area contributed by atoms with Crippen molar-refractivity contribution in [2.24, 2.45) is 12.8 Å². The summed E-state index contributed by atoms with van der Waals surface area (Å²) in [6.07, 6.45) is 2.10. The molecule has 0 spiro atoms. The fourth-order valence-corrected chi connectivity index (χ4v) is 2.63. The molecule has 0 aliphatic rings. The van der Waals surface area contributed by atoms with Crippen LogP contribution >= 0.6 is 0 Å². The van der Waals surface area contributed by atoms with Gasteiger partial charge in [0.1, 0.15) is 5.82 Å². The topological polar surface area (TPSA) is 47.1 Å². The Morgan fingerprint density at radius 3 is 2.40 bits per heavy atom. The third-order valence-corrected chi connectivity index (χ3v) is 3.74. The SMILES string of the molecule is CCN(CC)C(CN)c1cn(C)c(-c2ccccc2)n1. The molecule has 20 heavy (non-hydrogen) atoms. The van der Waals surface area contributed by atoms with E-state index in [1.54, 1.807) is 0 Å². The highest BCUT2D eigenvalue weighted by atomic mass is 15.2. The Balaban J connectivity index is 2.35. The molecule has 0 aliphatic carbocycles. The highest BCUT2D eigenvalue weighted by Crippen LogP contribution is 2.23. The summed E-state index contributed by atoms with van der Waals surface area (Å²) in [6, 6.07) is 10.4. The molecule has 0 saturated carbocycles. The molecule has 1 heterocycles. The van der Waals surface area contributed by atoms with Crippen molar-refractivity contribution in [3.05, 3.63) is 42.2 Å². The molecular formula is C16H24N4. The van der Waals surface area contributed by atoms with Gasteiger partial charge in [0.05, 0.1) is 11.7 Å². The molecule has 0 radical (unpaired) electrons. The summed E-state index contributed by atoms with van der Waals surface area (Å²) in [5, 5.41) is 0. The summed E-state index contributed by atoms with van der Waals surface area (Å²) in [7, 11) is 2.04. The second-order valence-corrected chi connectivity index (χ2v) is 4.94. The fraction of sp³-hybridized carbons (Fsp3) is 0.438. The van der Waals surface area contributed by atoms with Crippen molar-refractivity contribution in [1.29, 1.82) is 0 Å². The Morgan fingerprint density at radius 1 is 1.20 bits per heavy atom. The lowest BCUT2D eigenvalue weighted by molar-refractivity contribution is 0.220. The number of imidazole rings is 1. The molecule has 1 aromatic heterocycles. The maximum Gasteiger partial charge on any atom is 0.140 e. The molecular weight excluding hydrogens is 248 g/mol. The summed E-state index contributed by atoms with van der Waals surface area (Å²) in [5.74, 6) is 0.992. The minimum atomic E-state index is 0.189. The predicted molar refractivity (Wildman–Crippen MR) is 83.4 cm³/mol. The van der Waals surface area contributed by atoms with Gasteiger partial charge in [0.2, 0.25) is 0 Å². The third-order valence-electron chi connectivity index (χ3n) is 3.74. The number of hydrogen-bond acceptors (Lipinski definition) is 3. The van der Waals surface area contributed by atoms with Crippen molar-refractivity contribution in [1.82, 2.24) is 14.5 Å². The van der Waals surface area contributed by atoms with Crippen LogP contribution in [0.25, 0.3) is 11.4 Å². The Kier molecular flexibility index (Phi) is 4.93. The van der Waals surface area contributed by atoms with Gasteiger partial charge >= 0.3 is 0 Å². The fourth-order valence-electron chi connectivity index (χ4n) is 2.63. The van der Waals surface area contributed by atoms with Crippen LogP contribution in [-0.4, -0.2) is 34.1 Å². The molecule has 2 N–H and O–H groups in total. The average Bonchev–Trinajstić information content (AvgIpc) is 2.87. The van der Waals surface area contributed by atoms with E-state index in [1.165, 1.54) is 0 Å². The van der Waals surface area contributed by atoms with Gasteiger partial charge in [-0.15, -0.1) is 0 Å². The molecule has 2 aromatic rings. The van der Waals surface area contributed by atoms with Gasteiger partial charge < -0.3 is 10.3 Å². The molecule has 4 nitrogen and oxygen atoms in total. The van der Waals surface area contributed by atoms with Gasteiger partial charge in [0.15, 0.2) is 0 Å². The monoisotopic (exact) mass is 272 g/mol. The van der Waals surface area contributed by atoms with E-state index in [2.05, 4.69) is 41.6 Å². The van der Waals surface area contributed by atoms with Crippen LogP contribution in [-0.2, 0) is 7.05 Å². The quantitative estimate of drug-likeness (QED) is 0.878. The van der Waals surface area contributed by atoms with Gasteiger partial charge in [0, 0.05) is 25.4 Å². The molecule has 1 unspecified atom stereocenters. The van der Waals surface area contributed by atoms with Crippen molar-refractivity contribution in [3.63, 3.8) is 0 Å². The largest absolute Gasteiger partial charge is 0.334 e. The van der Waals surface area contributed by atoms with Crippen LogP contribution in [0.4, 0.5) is 0 Å². The summed E-state index contributed by atoms with van der Waals surface area (Å²) < 4.78 is 2.08. The van der Waals surface area contributed by atoms with Gasteiger partial charge in [-0.05, 0) is 13.1 Å². The first-order valence-corrected chi connectivity index (χ1v) is 7.24. The van der Waals surface area contributed by atoms with Gasteiger partial charge in [-0.2, -0.15) is 0 Å². The maximum atomic E-state index is 5.96. The molecule has 0 aliphatic heterocycles. The Hall–Kier alpha value is -1.65. The highest BCUT2D eigenvalue weighted by molar-refractivity contribution is 5.55. The first-order chi connectivity index (χ1) is 9.71. The smallest absolute Gasteiger partial charge is 0.140 e. The lowest BCUT2D eigenvalue weighted by Gasteiger charge is -2.26. The number of nitrogens with zero attached hydrogens (tertiary/aromatic N) is 3. The maximum absolute atomic E-state index is 5.96. The zero-order valence-electron chi connectivity index (χ0n) is 12.6. The first-order valence-electron chi connectivity index (χ1n) is 7.24. The van der Waals surface area contributed by atoms with Crippen molar-refractivity contribution in [3.8, 4) is 11.4 Å². The Morgan fingerprint density at radius 2 is 1.85 bits per heavy atom. The summed E-state index contributed by atoms with van der Waals surface area (Å²) in [4.78, 5) is 7.15. The molecule has 1 aromatic carbocycles. The minimum absolute atomic E-state index is 0.189. The van der Waals surface area contributed by atoms with Crippen molar-refractivity contribution < 1.29 is 0 Å². The van der Waals surface area contributed by atoms with Crippen LogP contribution in [0.2, 0.25) is 0 Å². The predicted octanol–water partition coefficient (Wildman–Crippen LogP) is 2.43. The summed E-state index contributed by atoms with van der Waals surface area (Å²) in [6.45, 7) is 6.87. The van der Waals surface area contributed by atoms with Gasteiger partial charge in [-0.3, -0.25) is 4.90 Å². The number of nitrogens with two attached hydrogens (primary N) is 1. The van der Waals surface area contributed by atoms with Crippen LogP contribution < -0.4 is 5.73 Å².